The van der Waals surface area contributed by atoms with Gasteiger partial charge in [-0.1, -0.05) is 18.5 Å². The Bertz CT molecular complexity index is 695. The minimum Gasteiger partial charge on any atom is -0.344 e. The van der Waals surface area contributed by atoms with E-state index in [-0.39, 0.29) is 11.5 Å². The van der Waals surface area contributed by atoms with Crippen LogP contribution in [-0.2, 0) is 6.54 Å². The minimum absolute atomic E-state index is 0.0502. The fraction of sp³-hybridized carbons (Fsp3) is 0.533. The molecule has 0 aliphatic heterocycles. The first kappa shape index (κ1) is 17.5. The van der Waals surface area contributed by atoms with Crippen molar-refractivity contribution in [2.75, 3.05) is 39.1 Å². The average Bonchev–Trinajstić information content (AvgIpc) is 2.89. The summed E-state index contributed by atoms with van der Waals surface area (Å²) in [5.74, 6) is 0.633. The molecule has 126 valence electrons. The third kappa shape index (κ3) is 5.07. The Balaban J connectivity index is 2.14. The van der Waals surface area contributed by atoms with E-state index in [1.165, 1.54) is 0 Å². The second kappa shape index (κ2) is 7.61. The average molecular weight is 339 g/mol. The van der Waals surface area contributed by atoms with E-state index < -0.39 is 0 Å². The van der Waals surface area contributed by atoms with E-state index in [0.717, 1.165) is 18.8 Å². The fourth-order valence-corrected chi connectivity index (χ4v) is 2.32. The van der Waals surface area contributed by atoms with Crippen molar-refractivity contribution < 1.29 is 0 Å². The minimum atomic E-state index is -0.146. The van der Waals surface area contributed by atoms with E-state index in [9.17, 15) is 4.79 Å². The van der Waals surface area contributed by atoms with Gasteiger partial charge in [-0.3, -0.25) is 14.5 Å². The van der Waals surface area contributed by atoms with Crippen molar-refractivity contribution in [2.24, 2.45) is 0 Å². The van der Waals surface area contributed by atoms with Crippen molar-refractivity contribution >= 4 is 17.5 Å². The Labute approximate surface area is 140 Å². The van der Waals surface area contributed by atoms with Gasteiger partial charge in [0.2, 0.25) is 5.95 Å². The predicted molar refractivity (Wildman–Crippen MR) is 92.3 cm³/mol. The Morgan fingerprint density at radius 3 is 2.70 bits per heavy atom. The van der Waals surface area contributed by atoms with E-state index in [1.807, 2.05) is 33.0 Å². The monoisotopic (exact) mass is 338 g/mol. The number of H-pyrrole nitrogens is 1. The Kier molecular flexibility index (Phi) is 5.79. The molecule has 1 atom stereocenters. The number of nitrogens with one attached hydrogen (secondary N) is 1. The molecule has 7 nitrogen and oxygen atoms in total. The summed E-state index contributed by atoms with van der Waals surface area (Å²) in [6.07, 6.45) is 3.36. The molecule has 0 saturated heterocycles. The lowest BCUT2D eigenvalue weighted by Crippen LogP contribution is -2.31. The molecule has 2 aromatic heterocycles. The lowest BCUT2D eigenvalue weighted by Gasteiger charge is -2.21. The molecule has 2 aromatic rings. The van der Waals surface area contributed by atoms with E-state index in [1.54, 1.807) is 23.1 Å². The molecule has 0 saturated carbocycles. The molecule has 2 rings (SSSR count). The van der Waals surface area contributed by atoms with Crippen LogP contribution in [0.4, 0.5) is 5.95 Å². The summed E-state index contributed by atoms with van der Waals surface area (Å²) in [4.78, 5) is 23.4. The van der Waals surface area contributed by atoms with Gasteiger partial charge in [0.05, 0.1) is 16.9 Å². The van der Waals surface area contributed by atoms with E-state index in [4.69, 9.17) is 11.6 Å². The van der Waals surface area contributed by atoms with Gasteiger partial charge in [0.1, 0.15) is 0 Å². The highest BCUT2D eigenvalue weighted by molar-refractivity contribution is 6.30. The van der Waals surface area contributed by atoms with Crippen LogP contribution < -0.4 is 10.5 Å². The van der Waals surface area contributed by atoms with Crippen molar-refractivity contribution in [3.8, 4) is 0 Å². The first-order valence-corrected chi connectivity index (χ1v) is 7.88. The van der Waals surface area contributed by atoms with E-state index in [0.29, 0.717) is 17.5 Å². The summed E-state index contributed by atoms with van der Waals surface area (Å²) in [7, 11) is 5.94. The third-order valence-corrected chi connectivity index (χ3v) is 3.76. The number of hydrogen-bond donors (Lipinski definition) is 1. The van der Waals surface area contributed by atoms with Gasteiger partial charge in [-0.05, 0) is 14.1 Å². The van der Waals surface area contributed by atoms with Crippen LogP contribution in [0, 0.1) is 0 Å². The van der Waals surface area contributed by atoms with Crippen LogP contribution in [0.3, 0.4) is 0 Å². The standard InChI is InChI=1S/C15H23ClN6O/c1-11(9-22-10-12(16)8-17-22)13-7-14(23)19-15(18-13)21(4)6-5-20(2)3/h7-8,10-11H,5-6,9H2,1-4H3,(H,18,19,23)/t11-/m0/s1. The largest absolute Gasteiger partial charge is 0.344 e. The van der Waals surface area contributed by atoms with Gasteiger partial charge < -0.3 is 9.80 Å². The molecule has 8 heteroatoms. The molecular formula is C15H23ClN6O. The molecule has 0 aliphatic rings. The highest BCUT2D eigenvalue weighted by atomic mass is 35.5. The number of hydrogen-bond acceptors (Lipinski definition) is 5. The number of anilines is 1. The summed E-state index contributed by atoms with van der Waals surface area (Å²) in [6.45, 7) is 4.29. The number of nitrogens with zero attached hydrogens (tertiary/aromatic N) is 5. The smallest absolute Gasteiger partial charge is 0.252 e. The molecule has 1 N–H and O–H groups in total. The van der Waals surface area contributed by atoms with Gasteiger partial charge in [-0.25, -0.2) is 4.98 Å². The van der Waals surface area contributed by atoms with Crippen LogP contribution in [-0.4, -0.2) is 58.9 Å². The van der Waals surface area contributed by atoms with Gasteiger partial charge in [0, 0.05) is 44.9 Å². The Morgan fingerprint density at radius 1 is 1.35 bits per heavy atom. The predicted octanol–water partition coefficient (Wildman–Crippen LogP) is 1.42. The fourth-order valence-electron chi connectivity index (χ4n) is 2.16. The molecule has 23 heavy (non-hydrogen) atoms. The van der Waals surface area contributed by atoms with Crippen LogP contribution in [0.25, 0.3) is 0 Å². The van der Waals surface area contributed by atoms with Crippen LogP contribution in [0.5, 0.6) is 0 Å². The Morgan fingerprint density at radius 2 is 2.09 bits per heavy atom. The molecule has 0 unspecified atom stereocenters. The number of rotatable bonds is 7. The summed E-state index contributed by atoms with van der Waals surface area (Å²) in [5.41, 5.74) is 0.596. The van der Waals surface area contributed by atoms with E-state index >= 15 is 0 Å². The van der Waals surface area contributed by atoms with Crippen molar-refractivity contribution in [3.63, 3.8) is 0 Å². The zero-order valence-corrected chi connectivity index (χ0v) is 14.7. The normalized spacial score (nSPS) is 12.6. The van der Waals surface area contributed by atoms with Crippen molar-refractivity contribution in [1.29, 1.82) is 0 Å². The van der Waals surface area contributed by atoms with Gasteiger partial charge in [-0.2, -0.15) is 5.10 Å². The second-order valence-electron chi connectivity index (χ2n) is 6.00. The number of aromatic amines is 1. The lowest BCUT2D eigenvalue weighted by molar-refractivity contribution is 0.415. The summed E-state index contributed by atoms with van der Waals surface area (Å²) < 4.78 is 1.76. The van der Waals surface area contributed by atoms with Crippen LogP contribution in [0.1, 0.15) is 18.5 Å². The highest BCUT2D eigenvalue weighted by Crippen LogP contribution is 2.16. The zero-order chi connectivity index (χ0) is 17.0. The highest BCUT2D eigenvalue weighted by Gasteiger charge is 2.13. The number of likely N-dealkylation sites (N-methyl/N-ethyl adjacent to an activating group) is 2. The van der Waals surface area contributed by atoms with E-state index in [2.05, 4.69) is 20.0 Å². The first-order chi connectivity index (χ1) is 10.8. The SMILES string of the molecule is C[C@@H](Cn1cc(Cl)cn1)c1cc(=O)[nH]c(N(C)CCN(C)C)n1. The molecule has 0 aliphatic carbocycles. The Hall–Kier alpha value is -1.86. The zero-order valence-electron chi connectivity index (χ0n) is 14.0. The molecule has 0 fully saturated rings. The molecule has 0 radical (unpaired) electrons. The topological polar surface area (TPSA) is 70.1 Å². The van der Waals surface area contributed by atoms with Crippen LogP contribution >= 0.6 is 11.6 Å². The van der Waals surface area contributed by atoms with Crippen molar-refractivity contribution in [3.05, 3.63) is 39.5 Å². The quantitative estimate of drug-likeness (QED) is 0.826. The van der Waals surface area contributed by atoms with Crippen LogP contribution in [0.2, 0.25) is 5.02 Å². The molecule has 0 spiro atoms. The van der Waals surface area contributed by atoms with Gasteiger partial charge in [0.25, 0.3) is 5.56 Å². The summed E-state index contributed by atoms with van der Waals surface area (Å²) in [6, 6.07) is 1.54. The van der Waals surface area contributed by atoms with Crippen molar-refractivity contribution in [2.45, 2.75) is 19.4 Å². The molecule has 0 amide bonds. The van der Waals surface area contributed by atoms with Gasteiger partial charge >= 0.3 is 0 Å². The number of aromatic nitrogens is 4. The second-order valence-corrected chi connectivity index (χ2v) is 6.44. The van der Waals surface area contributed by atoms with Gasteiger partial charge in [-0.15, -0.1) is 0 Å². The maximum absolute atomic E-state index is 11.9. The molecule has 0 aromatic carbocycles. The van der Waals surface area contributed by atoms with Crippen molar-refractivity contribution in [1.82, 2.24) is 24.6 Å². The first-order valence-electron chi connectivity index (χ1n) is 7.50. The maximum atomic E-state index is 11.9. The molecule has 2 heterocycles. The summed E-state index contributed by atoms with van der Waals surface area (Å²) >= 11 is 5.88. The molecular weight excluding hydrogens is 316 g/mol. The molecule has 0 bridgehead atoms. The lowest BCUT2D eigenvalue weighted by atomic mass is 10.1. The summed E-state index contributed by atoms with van der Waals surface area (Å²) in [5, 5.41) is 4.76. The maximum Gasteiger partial charge on any atom is 0.252 e. The third-order valence-electron chi connectivity index (χ3n) is 3.56. The number of halogens is 1. The van der Waals surface area contributed by atoms with Crippen LogP contribution in [0.15, 0.2) is 23.3 Å². The van der Waals surface area contributed by atoms with Gasteiger partial charge in [0.15, 0.2) is 0 Å².